The van der Waals surface area contributed by atoms with E-state index in [-0.39, 0.29) is 0 Å². The second-order valence-corrected chi connectivity index (χ2v) is 5.85. The first-order valence-electron chi connectivity index (χ1n) is 2.80. The molecule has 9 heavy (non-hydrogen) atoms. The minimum absolute atomic E-state index is 0.417. The molecule has 0 fully saturated rings. The number of hydrogen-bond acceptors (Lipinski definition) is 3. The summed E-state index contributed by atoms with van der Waals surface area (Å²) >= 11 is 1.17. The maximum Gasteiger partial charge on any atom is 0.323 e. The highest BCUT2D eigenvalue weighted by molar-refractivity contribution is 8.55. The second kappa shape index (κ2) is 4.34. The molecule has 3 nitrogen and oxygen atoms in total. The SMILES string of the molecule is CCOP(N)(=O)SCC. The van der Waals surface area contributed by atoms with Gasteiger partial charge in [0.2, 0.25) is 0 Å². The Labute approximate surface area is 59.6 Å². The topological polar surface area (TPSA) is 52.3 Å². The number of nitrogens with two attached hydrogens (primary N) is 1. The summed E-state index contributed by atoms with van der Waals surface area (Å²) in [5.74, 6) is 0.730. The average molecular weight is 169 g/mol. The Morgan fingerprint density at radius 1 is 1.67 bits per heavy atom. The highest BCUT2D eigenvalue weighted by Crippen LogP contribution is 2.51. The Bertz CT molecular complexity index is 109. The van der Waals surface area contributed by atoms with E-state index in [1.165, 1.54) is 11.4 Å². The molecular formula is C4H12NO2PS. The second-order valence-electron chi connectivity index (χ2n) is 1.38. The lowest BCUT2D eigenvalue weighted by molar-refractivity contribution is 0.346. The summed E-state index contributed by atoms with van der Waals surface area (Å²) in [5.41, 5.74) is 5.23. The zero-order valence-corrected chi connectivity index (χ0v) is 7.37. The van der Waals surface area contributed by atoms with Crippen LogP contribution >= 0.6 is 18.1 Å². The maximum atomic E-state index is 10.9. The van der Waals surface area contributed by atoms with Gasteiger partial charge in [-0.3, -0.25) is 10.1 Å². The summed E-state index contributed by atoms with van der Waals surface area (Å²) in [6.07, 6.45) is 0. The van der Waals surface area contributed by atoms with Crippen LogP contribution in [-0.2, 0) is 9.09 Å². The van der Waals surface area contributed by atoms with Crippen molar-refractivity contribution in [1.29, 1.82) is 0 Å². The van der Waals surface area contributed by atoms with Gasteiger partial charge in [0.15, 0.2) is 0 Å². The Hall–Kier alpha value is 0.500. The Morgan fingerprint density at radius 2 is 2.22 bits per heavy atom. The van der Waals surface area contributed by atoms with E-state index in [4.69, 9.17) is 10.0 Å². The van der Waals surface area contributed by atoms with Gasteiger partial charge in [-0.2, -0.15) is 0 Å². The third-order valence-corrected chi connectivity index (χ3v) is 4.02. The summed E-state index contributed by atoms with van der Waals surface area (Å²) in [6, 6.07) is 0. The Balaban J connectivity index is 3.58. The summed E-state index contributed by atoms with van der Waals surface area (Å²) in [5, 5.41) is 0. The number of rotatable bonds is 4. The molecular weight excluding hydrogens is 157 g/mol. The molecule has 0 aliphatic heterocycles. The fourth-order valence-corrected chi connectivity index (χ4v) is 2.81. The molecule has 0 aromatic rings. The molecule has 0 rings (SSSR count). The van der Waals surface area contributed by atoms with Gasteiger partial charge in [-0.1, -0.05) is 18.3 Å². The summed E-state index contributed by atoms with van der Waals surface area (Å²) in [6.45, 7) is 1.31. The quantitative estimate of drug-likeness (QED) is 0.652. The van der Waals surface area contributed by atoms with Gasteiger partial charge in [-0.25, -0.2) is 0 Å². The van der Waals surface area contributed by atoms with Crippen molar-refractivity contribution < 1.29 is 9.09 Å². The standard InChI is InChI=1S/C4H12NO2PS/c1-3-7-8(5,6)9-4-2/h3-4H2,1-2H3,(H2,5,6). The van der Waals surface area contributed by atoms with E-state index >= 15 is 0 Å². The van der Waals surface area contributed by atoms with Crippen molar-refractivity contribution in [3.05, 3.63) is 0 Å². The first kappa shape index (κ1) is 9.50. The smallest absolute Gasteiger partial charge is 0.310 e. The fraction of sp³-hybridized carbons (Fsp3) is 1.00. The van der Waals surface area contributed by atoms with Crippen molar-refractivity contribution in [1.82, 2.24) is 0 Å². The van der Waals surface area contributed by atoms with Crippen LogP contribution in [0, 0.1) is 0 Å². The van der Waals surface area contributed by atoms with Crippen molar-refractivity contribution in [3.63, 3.8) is 0 Å². The summed E-state index contributed by atoms with van der Waals surface area (Å²) in [4.78, 5) is 0. The molecule has 56 valence electrons. The molecule has 0 saturated carbocycles. The van der Waals surface area contributed by atoms with Crippen LogP contribution < -0.4 is 5.50 Å². The van der Waals surface area contributed by atoms with Gasteiger partial charge in [0.1, 0.15) is 0 Å². The van der Waals surface area contributed by atoms with E-state index < -0.39 is 6.72 Å². The summed E-state index contributed by atoms with van der Waals surface area (Å²) < 4.78 is 15.7. The van der Waals surface area contributed by atoms with E-state index in [0.717, 1.165) is 5.75 Å². The largest absolute Gasteiger partial charge is 0.323 e. The summed E-state index contributed by atoms with van der Waals surface area (Å²) in [7, 11) is 0. The molecule has 0 heterocycles. The lowest BCUT2D eigenvalue weighted by Gasteiger charge is -2.08. The van der Waals surface area contributed by atoms with Crippen molar-refractivity contribution in [3.8, 4) is 0 Å². The molecule has 0 spiro atoms. The van der Waals surface area contributed by atoms with Crippen LogP contribution in [0.2, 0.25) is 0 Å². The van der Waals surface area contributed by atoms with Gasteiger partial charge in [-0.15, -0.1) is 0 Å². The molecule has 5 heteroatoms. The lowest BCUT2D eigenvalue weighted by atomic mass is 10.9. The van der Waals surface area contributed by atoms with Crippen LogP contribution in [0.25, 0.3) is 0 Å². The van der Waals surface area contributed by atoms with E-state index in [1.807, 2.05) is 6.92 Å². The van der Waals surface area contributed by atoms with Crippen LogP contribution in [-0.4, -0.2) is 12.4 Å². The molecule has 0 aliphatic rings. The third kappa shape index (κ3) is 4.97. The Morgan fingerprint density at radius 3 is 2.56 bits per heavy atom. The molecule has 0 aromatic heterocycles. The van der Waals surface area contributed by atoms with Gasteiger partial charge >= 0.3 is 6.72 Å². The van der Waals surface area contributed by atoms with E-state index in [2.05, 4.69) is 0 Å². The fourth-order valence-electron chi connectivity index (χ4n) is 0.397. The third-order valence-electron chi connectivity index (χ3n) is 0.618. The minimum atomic E-state index is -2.78. The monoisotopic (exact) mass is 169 g/mol. The van der Waals surface area contributed by atoms with Crippen LogP contribution in [0.3, 0.4) is 0 Å². The van der Waals surface area contributed by atoms with E-state index in [1.54, 1.807) is 6.92 Å². The van der Waals surface area contributed by atoms with Crippen molar-refractivity contribution in [2.45, 2.75) is 13.8 Å². The molecule has 2 N–H and O–H groups in total. The molecule has 0 bridgehead atoms. The maximum absolute atomic E-state index is 10.9. The number of hydrogen-bond donors (Lipinski definition) is 1. The first-order chi connectivity index (χ1) is 4.12. The van der Waals surface area contributed by atoms with Crippen LogP contribution in [0.4, 0.5) is 0 Å². The molecule has 0 aliphatic carbocycles. The lowest BCUT2D eigenvalue weighted by Crippen LogP contribution is -1.95. The average Bonchev–Trinajstić information content (AvgIpc) is 1.64. The van der Waals surface area contributed by atoms with Crippen LogP contribution in [0.5, 0.6) is 0 Å². The van der Waals surface area contributed by atoms with Gasteiger partial charge in [0, 0.05) is 5.75 Å². The van der Waals surface area contributed by atoms with Crippen molar-refractivity contribution >= 4 is 18.1 Å². The predicted molar refractivity (Wildman–Crippen MR) is 41.6 cm³/mol. The molecule has 0 radical (unpaired) electrons. The zero-order valence-electron chi connectivity index (χ0n) is 5.66. The van der Waals surface area contributed by atoms with Crippen LogP contribution in [0.1, 0.15) is 13.8 Å². The predicted octanol–water partition coefficient (Wildman–Crippen LogP) is 1.84. The highest BCUT2D eigenvalue weighted by Gasteiger charge is 2.13. The molecule has 1 unspecified atom stereocenters. The Kier molecular flexibility index (Phi) is 4.58. The molecule has 1 atom stereocenters. The van der Waals surface area contributed by atoms with Gasteiger partial charge in [0.25, 0.3) is 0 Å². The van der Waals surface area contributed by atoms with Crippen LogP contribution in [0.15, 0.2) is 0 Å². The van der Waals surface area contributed by atoms with Crippen molar-refractivity contribution in [2.24, 2.45) is 5.50 Å². The first-order valence-corrected chi connectivity index (χ1v) is 6.08. The van der Waals surface area contributed by atoms with Crippen molar-refractivity contribution in [2.75, 3.05) is 12.4 Å². The van der Waals surface area contributed by atoms with Gasteiger partial charge in [-0.05, 0) is 6.92 Å². The van der Waals surface area contributed by atoms with E-state index in [0.29, 0.717) is 6.61 Å². The van der Waals surface area contributed by atoms with Gasteiger partial charge < -0.3 is 4.52 Å². The highest BCUT2D eigenvalue weighted by atomic mass is 32.7. The van der Waals surface area contributed by atoms with Gasteiger partial charge in [0.05, 0.1) is 6.61 Å². The van der Waals surface area contributed by atoms with E-state index in [9.17, 15) is 4.57 Å². The normalized spacial score (nSPS) is 17.2. The molecule has 0 saturated heterocycles. The molecule has 0 amide bonds. The zero-order chi connectivity index (χ0) is 7.33. The molecule has 0 aromatic carbocycles. The minimum Gasteiger partial charge on any atom is -0.310 e.